The van der Waals surface area contributed by atoms with E-state index in [9.17, 15) is 9.59 Å². The Labute approximate surface area is 154 Å². The zero-order valence-corrected chi connectivity index (χ0v) is 15.5. The van der Waals surface area contributed by atoms with E-state index < -0.39 is 0 Å². The van der Waals surface area contributed by atoms with E-state index in [0.717, 1.165) is 37.2 Å². The van der Waals surface area contributed by atoms with Crippen molar-refractivity contribution in [2.45, 2.75) is 32.6 Å². The van der Waals surface area contributed by atoms with Gasteiger partial charge >= 0.3 is 0 Å². The minimum absolute atomic E-state index is 0.0522. The summed E-state index contributed by atoms with van der Waals surface area (Å²) in [6.07, 6.45) is 2.80. The minimum Gasteiger partial charge on any atom is -0.356 e. The van der Waals surface area contributed by atoms with Gasteiger partial charge in [-0.3, -0.25) is 14.3 Å². The van der Waals surface area contributed by atoms with Crippen LogP contribution in [0.25, 0.3) is 11.3 Å². The highest BCUT2D eigenvalue weighted by Crippen LogP contribution is 2.28. The Bertz CT molecular complexity index is 783. The molecule has 2 heterocycles. The van der Waals surface area contributed by atoms with E-state index in [0.29, 0.717) is 19.4 Å². The van der Waals surface area contributed by atoms with E-state index in [1.807, 2.05) is 34.8 Å². The maximum absolute atomic E-state index is 12.5. The number of carbonyl (C=O) groups excluding carboxylic acids is 2. The lowest BCUT2D eigenvalue weighted by molar-refractivity contribution is -0.131. The second-order valence-corrected chi connectivity index (χ2v) is 6.73. The molecule has 0 bridgehead atoms. The first-order valence-electron chi connectivity index (χ1n) is 9.18. The highest BCUT2D eigenvalue weighted by Gasteiger charge is 2.24. The molecule has 2 aromatic rings. The Hall–Kier alpha value is -2.63. The molecule has 138 valence electrons. The summed E-state index contributed by atoms with van der Waals surface area (Å²) in [5.41, 5.74) is 4.63. The third kappa shape index (κ3) is 4.12. The van der Waals surface area contributed by atoms with Crippen molar-refractivity contribution in [2.24, 2.45) is 7.05 Å². The quantitative estimate of drug-likeness (QED) is 0.835. The Balaban J connectivity index is 1.66. The van der Waals surface area contributed by atoms with Gasteiger partial charge in [-0.05, 0) is 12.8 Å². The average molecular weight is 354 g/mol. The molecule has 6 heteroatoms. The van der Waals surface area contributed by atoms with Crippen molar-refractivity contribution in [1.82, 2.24) is 20.0 Å². The first-order chi connectivity index (χ1) is 12.6. The molecule has 2 amide bonds. The Kier molecular flexibility index (Phi) is 5.71. The lowest BCUT2D eigenvalue weighted by Crippen LogP contribution is -2.34. The molecule has 1 aliphatic heterocycles. The summed E-state index contributed by atoms with van der Waals surface area (Å²) in [7, 11) is 1.98. The highest BCUT2D eigenvalue weighted by atomic mass is 16.2. The lowest BCUT2D eigenvalue weighted by atomic mass is 10.0. The van der Waals surface area contributed by atoms with Gasteiger partial charge in [-0.15, -0.1) is 0 Å². The van der Waals surface area contributed by atoms with Crippen molar-refractivity contribution in [3.8, 4) is 11.3 Å². The van der Waals surface area contributed by atoms with Crippen LogP contribution in [0.15, 0.2) is 30.3 Å². The molecule has 0 fully saturated rings. The van der Waals surface area contributed by atoms with Crippen LogP contribution in [0.5, 0.6) is 0 Å². The van der Waals surface area contributed by atoms with Crippen LogP contribution in [0.3, 0.4) is 0 Å². The van der Waals surface area contributed by atoms with Crippen LogP contribution in [0.2, 0.25) is 0 Å². The average Bonchev–Trinajstić information content (AvgIpc) is 2.81. The zero-order valence-electron chi connectivity index (χ0n) is 15.5. The van der Waals surface area contributed by atoms with Gasteiger partial charge in [0, 0.05) is 63.3 Å². The minimum atomic E-state index is -0.0522. The molecule has 0 atom stereocenters. The summed E-state index contributed by atoms with van der Waals surface area (Å²) in [6, 6.07) is 10.2. The number of fused-ring (bicyclic) bond motifs is 1. The number of hydrogen-bond donors (Lipinski definition) is 1. The molecule has 3 rings (SSSR count). The number of rotatable bonds is 5. The van der Waals surface area contributed by atoms with Gasteiger partial charge in [-0.1, -0.05) is 30.3 Å². The van der Waals surface area contributed by atoms with Crippen molar-refractivity contribution in [3.05, 3.63) is 41.6 Å². The van der Waals surface area contributed by atoms with Gasteiger partial charge in [0.25, 0.3) is 0 Å². The molecular weight excluding hydrogens is 328 g/mol. The van der Waals surface area contributed by atoms with Gasteiger partial charge < -0.3 is 10.2 Å². The SMILES string of the molecule is CC(=O)NCCCC(=O)N1CCc2c(-c3ccccc3)nn(C)c2CC1. The van der Waals surface area contributed by atoms with Gasteiger partial charge in [0.2, 0.25) is 11.8 Å². The molecule has 0 unspecified atom stereocenters. The van der Waals surface area contributed by atoms with E-state index in [1.54, 1.807) is 0 Å². The van der Waals surface area contributed by atoms with Gasteiger partial charge in [0.15, 0.2) is 0 Å². The predicted molar refractivity (Wildman–Crippen MR) is 101 cm³/mol. The molecule has 0 aliphatic carbocycles. The molecule has 1 aliphatic rings. The van der Waals surface area contributed by atoms with Gasteiger partial charge in [0.05, 0.1) is 5.69 Å². The molecule has 0 radical (unpaired) electrons. The van der Waals surface area contributed by atoms with Crippen molar-refractivity contribution in [2.75, 3.05) is 19.6 Å². The number of nitrogens with zero attached hydrogens (tertiary/aromatic N) is 3. The number of benzene rings is 1. The highest BCUT2D eigenvalue weighted by molar-refractivity contribution is 5.77. The number of amides is 2. The van der Waals surface area contributed by atoms with Crippen molar-refractivity contribution < 1.29 is 9.59 Å². The molecule has 1 N–H and O–H groups in total. The Morgan fingerprint density at radius 1 is 1.15 bits per heavy atom. The van der Waals surface area contributed by atoms with Gasteiger partial charge in [-0.25, -0.2) is 0 Å². The molecule has 26 heavy (non-hydrogen) atoms. The van der Waals surface area contributed by atoms with Crippen LogP contribution in [0.4, 0.5) is 0 Å². The van der Waals surface area contributed by atoms with Gasteiger partial charge in [-0.2, -0.15) is 5.10 Å². The molecule has 6 nitrogen and oxygen atoms in total. The third-order valence-electron chi connectivity index (χ3n) is 4.87. The van der Waals surface area contributed by atoms with E-state index in [-0.39, 0.29) is 11.8 Å². The first kappa shape index (κ1) is 18.2. The maximum atomic E-state index is 12.5. The summed E-state index contributed by atoms with van der Waals surface area (Å²) in [6.45, 7) is 3.49. The Morgan fingerprint density at radius 2 is 1.88 bits per heavy atom. The molecular formula is C20H26N4O2. The topological polar surface area (TPSA) is 67.2 Å². The largest absolute Gasteiger partial charge is 0.356 e. The standard InChI is InChI=1S/C20H26N4O2/c1-15(25)21-12-6-9-19(26)24-13-10-17-18(11-14-24)23(2)22-20(17)16-7-4-3-5-8-16/h3-5,7-8H,6,9-14H2,1-2H3,(H,21,25). The molecule has 1 aromatic carbocycles. The molecule has 0 spiro atoms. The Morgan fingerprint density at radius 3 is 2.62 bits per heavy atom. The smallest absolute Gasteiger partial charge is 0.222 e. The van der Waals surface area contributed by atoms with Crippen molar-refractivity contribution >= 4 is 11.8 Å². The number of aromatic nitrogens is 2. The van der Waals surface area contributed by atoms with E-state index in [2.05, 4.69) is 17.4 Å². The van der Waals surface area contributed by atoms with Crippen LogP contribution < -0.4 is 5.32 Å². The van der Waals surface area contributed by atoms with Crippen LogP contribution in [-0.2, 0) is 29.5 Å². The second-order valence-electron chi connectivity index (χ2n) is 6.73. The van der Waals surface area contributed by atoms with Crippen LogP contribution in [0, 0.1) is 0 Å². The predicted octanol–water partition coefficient (Wildman–Crippen LogP) is 1.93. The summed E-state index contributed by atoms with van der Waals surface area (Å²) in [4.78, 5) is 25.3. The van der Waals surface area contributed by atoms with Gasteiger partial charge in [0.1, 0.15) is 0 Å². The molecule has 0 saturated heterocycles. The number of hydrogen-bond acceptors (Lipinski definition) is 3. The van der Waals surface area contributed by atoms with E-state index >= 15 is 0 Å². The summed E-state index contributed by atoms with van der Waals surface area (Å²) in [5, 5.41) is 7.46. The third-order valence-corrected chi connectivity index (χ3v) is 4.87. The number of nitrogens with one attached hydrogen (secondary N) is 1. The first-order valence-corrected chi connectivity index (χ1v) is 9.18. The fraction of sp³-hybridized carbons (Fsp3) is 0.450. The number of carbonyl (C=O) groups is 2. The summed E-state index contributed by atoms with van der Waals surface area (Å²) < 4.78 is 1.96. The zero-order chi connectivity index (χ0) is 18.5. The van der Waals surface area contributed by atoms with Crippen molar-refractivity contribution in [3.63, 3.8) is 0 Å². The van der Waals surface area contributed by atoms with E-state index in [4.69, 9.17) is 5.10 Å². The fourth-order valence-corrected chi connectivity index (χ4v) is 3.52. The fourth-order valence-electron chi connectivity index (χ4n) is 3.52. The van der Waals surface area contributed by atoms with Crippen LogP contribution in [0.1, 0.15) is 31.0 Å². The number of aryl methyl sites for hydroxylation is 1. The lowest BCUT2D eigenvalue weighted by Gasteiger charge is -2.20. The monoisotopic (exact) mass is 354 g/mol. The van der Waals surface area contributed by atoms with Crippen LogP contribution in [-0.4, -0.2) is 46.1 Å². The molecule has 1 aromatic heterocycles. The summed E-state index contributed by atoms with van der Waals surface area (Å²) in [5.74, 6) is 0.112. The summed E-state index contributed by atoms with van der Waals surface area (Å²) >= 11 is 0. The van der Waals surface area contributed by atoms with Crippen molar-refractivity contribution in [1.29, 1.82) is 0 Å². The maximum Gasteiger partial charge on any atom is 0.222 e. The normalized spacial score (nSPS) is 13.8. The van der Waals surface area contributed by atoms with E-state index in [1.165, 1.54) is 18.2 Å². The van der Waals surface area contributed by atoms with Crippen LogP contribution >= 0.6 is 0 Å². The molecule has 0 saturated carbocycles. The second kappa shape index (κ2) is 8.17.